The first kappa shape index (κ1) is 18.6. The van der Waals surface area contributed by atoms with Crippen molar-refractivity contribution in [2.24, 2.45) is 0 Å². The molecule has 2 aromatic rings. The molecular formula is C17H23ClN2O4. The van der Waals surface area contributed by atoms with E-state index >= 15 is 0 Å². The lowest BCUT2D eigenvalue weighted by atomic mass is 10.2. The SMILES string of the molecule is Cc1cc(OCc2ccon2)cc(OCC(O)CNC(C)C)c1Cl. The Balaban J connectivity index is 1.95. The topological polar surface area (TPSA) is 76.8 Å². The second kappa shape index (κ2) is 8.92. The predicted octanol–water partition coefficient (Wildman–Crippen LogP) is 2.95. The summed E-state index contributed by atoms with van der Waals surface area (Å²) in [5, 5.41) is 17.4. The zero-order chi connectivity index (χ0) is 17.5. The van der Waals surface area contributed by atoms with Crippen molar-refractivity contribution < 1.29 is 19.1 Å². The van der Waals surface area contributed by atoms with E-state index in [9.17, 15) is 5.11 Å². The fraction of sp³-hybridized carbons (Fsp3) is 0.471. The smallest absolute Gasteiger partial charge is 0.141 e. The number of hydrogen-bond donors (Lipinski definition) is 2. The van der Waals surface area contributed by atoms with Gasteiger partial charge in [-0.1, -0.05) is 30.6 Å². The zero-order valence-electron chi connectivity index (χ0n) is 14.1. The highest BCUT2D eigenvalue weighted by Gasteiger charge is 2.12. The van der Waals surface area contributed by atoms with Crippen molar-refractivity contribution in [3.8, 4) is 11.5 Å². The van der Waals surface area contributed by atoms with Gasteiger partial charge in [0.2, 0.25) is 0 Å². The number of nitrogens with zero attached hydrogens (tertiary/aromatic N) is 1. The van der Waals surface area contributed by atoms with Gasteiger partial charge < -0.3 is 24.4 Å². The van der Waals surface area contributed by atoms with Crippen molar-refractivity contribution in [2.75, 3.05) is 13.2 Å². The van der Waals surface area contributed by atoms with Gasteiger partial charge in [0.1, 0.15) is 42.8 Å². The highest BCUT2D eigenvalue weighted by molar-refractivity contribution is 6.32. The number of aryl methyl sites for hydroxylation is 1. The van der Waals surface area contributed by atoms with Crippen molar-refractivity contribution >= 4 is 11.6 Å². The first-order valence-electron chi connectivity index (χ1n) is 7.82. The Hall–Kier alpha value is -1.76. The van der Waals surface area contributed by atoms with E-state index in [1.165, 1.54) is 6.26 Å². The average Bonchev–Trinajstić information content (AvgIpc) is 3.06. The maximum Gasteiger partial charge on any atom is 0.141 e. The molecular weight excluding hydrogens is 332 g/mol. The van der Waals surface area contributed by atoms with Gasteiger partial charge in [0.25, 0.3) is 0 Å². The van der Waals surface area contributed by atoms with E-state index in [1.807, 2.05) is 26.8 Å². The molecule has 0 aliphatic rings. The van der Waals surface area contributed by atoms with Crippen LogP contribution in [-0.2, 0) is 6.61 Å². The molecule has 0 spiro atoms. The minimum Gasteiger partial charge on any atom is -0.489 e. The van der Waals surface area contributed by atoms with Gasteiger partial charge in [-0.15, -0.1) is 0 Å². The Morgan fingerprint density at radius 3 is 2.79 bits per heavy atom. The normalized spacial score (nSPS) is 12.4. The van der Waals surface area contributed by atoms with Crippen LogP contribution in [0.4, 0.5) is 0 Å². The van der Waals surface area contributed by atoms with Crippen LogP contribution in [0.15, 0.2) is 29.0 Å². The molecule has 1 aromatic heterocycles. The number of aromatic nitrogens is 1. The Morgan fingerprint density at radius 2 is 2.12 bits per heavy atom. The molecule has 0 aliphatic heterocycles. The minimum absolute atomic E-state index is 0.144. The Labute approximate surface area is 146 Å². The van der Waals surface area contributed by atoms with Crippen LogP contribution in [0.5, 0.6) is 11.5 Å². The summed E-state index contributed by atoms with van der Waals surface area (Å²) in [6, 6.07) is 5.57. The molecule has 1 aromatic carbocycles. The lowest BCUT2D eigenvalue weighted by Crippen LogP contribution is -2.35. The monoisotopic (exact) mass is 354 g/mol. The van der Waals surface area contributed by atoms with Gasteiger partial charge in [-0.05, 0) is 18.6 Å². The van der Waals surface area contributed by atoms with E-state index in [0.29, 0.717) is 34.8 Å². The molecule has 132 valence electrons. The van der Waals surface area contributed by atoms with Gasteiger partial charge in [0.15, 0.2) is 0 Å². The molecule has 2 rings (SSSR count). The summed E-state index contributed by atoms with van der Waals surface area (Å²) in [6.45, 7) is 6.79. The molecule has 0 amide bonds. The standard InChI is InChI=1S/C17H23ClN2O4/c1-11(2)19-8-14(21)10-23-16-7-15(6-12(3)17(16)18)22-9-13-4-5-24-20-13/h4-7,11,14,19,21H,8-10H2,1-3H3. The Morgan fingerprint density at radius 1 is 1.33 bits per heavy atom. The van der Waals surface area contributed by atoms with Crippen molar-refractivity contribution in [1.29, 1.82) is 0 Å². The molecule has 2 N–H and O–H groups in total. The van der Waals surface area contributed by atoms with Crippen LogP contribution in [-0.4, -0.2) is 35.6 Å². The van der Waals surface area contributed by atoms with Crippen LogP contribution >= 0.6 is 11.6 Å². The summed E-state index contributed by atoms with van der Waals surface area (Å²) < 4.78 is 16.1. The number of rotatable bonds is 9. The Kier molecular flexibility index (Phi) is 6.90. The third-order valence-corrected chi connectivity index (χ3v) is 3.75. The van der Waals surface area contributed by atoms with Gasteiger partial charge in [0.05, 0.1) is 5.02 Å². The zero-order valence-corrected chi connectivity index (χ0v) is 14.8. The molecule has 0 aliphatic carbocycles. The number of halogens is 1. The van der Waals surface area contributed by atoms with Crippen molar-refractivity contribution in [1.82, 2.24) is 10.5 Å². The molecule has 7 heteroatoms. The van der Waals surface area contributed by atoms with Crippen LogP contribution in [0.3, 0.4) is 0 Å². The third kappa shape index (κ3) is 5.70. The number of nitrogens with one attached hydrogen (secondary N) is 1. The van der Waals surface area contributed by atoms with Gasteiger partial charge in [-0.25, -0.2) is 0 Å². The van der Waals surface area contributed by atoms with Crippen LogP contribution < -0.4 is 14.8 Å². The summed E-state index contributed by atoms with van der Waals surface area (Å²) in [5.41, 5.74) is 1.53. The maximum absolute atomic E-state index is 9.94. The first-order chi connectivity index (χ1) is 11.5. The number of aliphatic hydroxyl groups is 1. The fourth-order valence-corrected chi connectivity index (χ4v) is 2.14. The van der Waals surface area contributed by atoms with Gasteiger partial charge >= 0.3 is 0 Å². The van der Waals surface area contributed by atoms with Gasteiger partial charge in [0, 0.05) is 24.7 Å². The first-order valence-corrected chi connectivity index (χ1v) is 8.20. The van der Waals surface area contributed by atoms with E-state index in [4.69, 9.17) is 25.6 Å². The molecule has 1 atom stereocenters. The fourth-order valence-electron chi connectivity index (χ4n) is 1.98. The van der Waals surface area contributed by atoms with E-state index < -0.39 is 6.10 Å². The predicted molar refractivity (Wildman–Crippen MR) is 91.7 cm³/mol. The second-order valence-electron chi connectivity index (χ2n) is 5.86. The van der Waals surface area contributed by atoms with Crippen LogP contribution in [0.1, 0.15) is 25.1 Å². The minimum atomic E-state index is -0.622. The van der Waals surface area contributed by atoms with E-state index in [-0.39, 0.29) is 13.2 Å². The quantitative estimate of drug-likeness (QED) is 0.721. The van der Waals surface area contributed by atoms with Crippen LogP contribution in [0, 0.1) is 6.92 Å². The molecule has 1 unspecified atom stereocenters. The maximum atomic E-state index is 9.94. The van der Waals surface area contributed by atoms with E-state index in [0.717, 1.165) is 5.56 Å². The third-order valence-electron chi connectivity index (χ3n) is 3.27. The number of benzene rings is 1. The lowest BCUT2D eigenvalue weighted by Gasteiger charge is -2.17. The number of aliphatic hydroxyl groups excluding tert-OH is 1. The molecule has 6 nitrogen and oxygen atoms in total. The molecule has 0 radical (unpaired) electrons. The van der Waals surface area contributed by atoms with Gasteiger partial charge in [-0.3, -0.25) is 0 Å². The highest BCUT2D eigenvalue weighted by Crippen LogP contribution is 2.33. The average molecular weight is 355 g/mol. The summed E-state index contributed by atoms with van der Waals surface area (Å²) in [5.74, 6) is 1.10. The van der Waals surface area contributed by atoms with Crippen molar-refractivity contribution in [3.63, 3.8) is 0 Å². The summed E-state index contributed by atoms with van der Waals surface area (Å²) in [6.07, 6.45) is 0.871. The molecule has 1 heterocycles. The van der Waals surface area contributed by atoms with Gasteiger partial charge in [-0.2, -0.15) is 0 Å². The summed E-state index contributed by atoms with van der Waals surface area (Å²) >= 11 is 6.27. The van der Waals surface area contributed by atoms with Crippen LogP contribution in [0.2, 0.25) is 5.02 Å². The molecule has 0 saturated carbocycles. The molecule has 0 saturated heterocycles. The van der Waals surface area contributed by atoms with E-state index in [2.05, 4.69) is 10.5 Å². The largest absolute Gasteiger partial charge is 0.489 e. The number of ether oxygens (including phenoxy) is 2. The molecule has 0 bridgehead atoms. The van der Waals surface area contributed by atoms with Crippen molar-refractivity contribution in [2.45, 2.75) is 39.5 Å². The lowest BCUT2D eigenvalue weighted by molar-refractivity contribution is 0.104. The summed E-state index contributed by atoms with van der Waals surface area (Å²) in [7, 11) is 0. The second-order valence-corrected chi connectivity index (χ2v) is 6.24. The Bertz CT molecular complexity index is 632. The summed E-state index contributed by atoms with van der Waals surface area (Å²) in [4.78, 5) is 0. The number of hydrogen-bond acceptors (Lipinski definition) is 6. The van der Waals surface area contributed by atoms with Crippen LogP contribution in [0.25, 0.3) is 0 Å². The van der Waals surface area contributed by atoms with E-state index in [1.54, 1.807) is 12.1 Å². The highest BCUT2D eigenvalue weighted by atomic mass is 35.5. The van der Waals surface area contributed by atoms with Crippen molar-refractivity contribution in [3.05, 3.63) is 40.7 Å². The molecule has 24 heavy (non-hydrogen) atoms. The molecule has 0 fully saturated rings.